The number of benzene rings is 1. The molecule has 1 aliphatic rings. The van der Waals surface area contributed by atoms with Gasteiger partial charge < -0.3 is 9.45 Å². The van der Waals surface area contributed by atoms with Crippen LogP contribution in [0.1, 0.15) is 11.1 Å². The largest absolute Gasteiger partial charge is 0.302 e. The molecular weight excluding hydrogens is 198 g/mol. The van der Waals surface area contributed by atoms with Gasteiger partial charge in [-0.05, 0) is 36.7 Å². The van der Waals surface area contributed by atoms with Gasteiger partial charge in [-0.1, -0.05) is 6.07 Å². The van der Waals surface area contributed by atoms with Gasteiger partial charge in [-0.2, -0.15) is 0 Å². The number of likely N-dealkylation sites (N-methyl/N-ethyl adjacent to an activating group) is 1. The van der Waals surface area contributed by atoms with Crippen LogP contribution in [0.2, 0.25) is 0 Å². The molecule has 0 aliphatic carbocycles. The summed E-state index contributed by atoms with van der Waals surface area (Å²) in [6.07, 6.45) is 0.969. The van der Waals surface area contributed by atoms with E-state index in [1.54, 1.807) is 6.07 Å². The van der Waals surface area contributed by atoms with Crippen LogP contribution in [-0.2, 0) is 24.0 Å². The molecule has 0 bridgehead atoms. The van der Waals surface area contributed by atoms with Crippen molar-refractivity contribution in [2.24, 2.45) is 0 Å². The molecule has 1 aromatic carbocycles. The Morgan fingerprint density at radius 2 is 2.21 bits per heavy atom. The van der Waals surface area contributed by atoms with Gasteiger partial charge in [0.25, 0.3) is 0 Å². The molecule has 0 amide bonds. The minimum atomic E-state index is -1.85. The molecule has 1 aliphatic heterocycles. The van der Waals surface area contributed by atoms with E-state index >= 15 is 0 Å². The van der Waals surface area contributed by atoms with Gasteiger partial charge in [-0.15, -0.1) is 0 Å². The van der Waals surface area contributed by atoms with E-state index in [-0.39, 0.29) is 0 Å². The Kier molecular flexibility index (Phi) is 2.67. The van der Waals surface area contributed by atoms with Gasteiger partial charge in [-0.3, -0.25) is 0 Å². The Labute approximate surface area is 86.0 Å². The van der Waals surface area contributed by atoms with Gasteiger partial charge in [0, 0.05) is 13.1 Å². The fraction of sp³-hybridized carbons (Fsp3) is 0.400. The van der Waals surface area contributed by atoms with E-state index in [0.717, 1.165) is 19.5 Å². The summed E-state index contributed by atoms with van der Waals surface area (Å²) < 4.78 is 19.8. The summed E-state index contributed by atoms with van der Waals surface area (Å²) in [5.74, 6) is 0. The average Bonchev–Trinajstić information content (AvgIpc) is 2.16. The van der Waals surface area contributed by atoms with Crippen LogP contribution in [0, 0.1) is 0 Å². The highest BCUT2D eigenvalue weighted by Gasteiger charge is 2.14. The molecular formula is C10H13NO2S. The predicted octanol–water partition coefficient (Wildman–Crippen LogP) is 1.26. The highest BCUT2D eigenvalue weighted by atomic mass is 32.2. The molecule has 0 aromatic heterocycles. The molecule has 76 valence electrons. The Balaban J connectivity index is 2.36. The van der Waals surface area contributed by atoms with Crippen molar-refractivity contribution in [1.29, 1.82) is 0 Å². The van der Waals surface area contributed by atoms with Crippen LogP contribution < -0.4 is 0 Å². The minimum Gasteiger partial charge on any atom is -0.302 e. The van der Waals surface area contributed by atoms with Crippen LogP contribution in [-0.4, -0.2) is 27.3 Å². The third-order valence-corrected chi connectivity index (χ3v) is 3.24. The topological polar surface area (TPSA) is 40.5 Å². The Bertz CT molecular complexity index is 378. The van der Waals surface area contributed by atoms with E-state index in [9.17, 15) is 4.21 Å². The number of hydrogen-bond donors (Lipinski definition) is 1. The van der Waals surface area contributed by atoms with E-state index in [2.05, 4.69) is 11.9 Å². The van der Waals surface area contributed by atoms with Crippen LogP contribution in [0.5, 0.6) is 0 Å². The Morgan fingerprint density at radius 1 is 1.43 bits per heavy atom. The first-order chi connectivity index (χ1) is 6.66. The maximum absolute atomic E-state index is 10.9. The lowest BCUT2D eigenvalue weighted by Gasteiger charge is -2.24. The predicted molar refractivity (Wildman–Crippen MR) is 55.5 cm³/mol. The minimum absolute atomic E-state index is 0.508. The van der Waals surface area contributed by atoms with Gasteiger partial charge in [0.15, 0.2) is 11.1 Å². The highest BCUT2D eigenvalue weighted by molar-refractivity contribution is 7.79. The van der Waals surface area contributed by atoms with Crippen molar-refractivity contribution in [3.05, 3.63) is 29.3 Å². The molecule has 0 spiro atoms. The zero-order valence-corrected chi connectivity index (χ0v) is 8.88. The summed E-state index contributed by atoms with van der Waals surface area (Å²) >= 11 is -1.85. The van der Waals surface area contributed by atoms with Crippen LogP contribution >= 0.6 is 0 Å². The van der Waals surface area contributed by atoms with Gasteiger partial charge in [0.1, 0.15) is 0 Å². The second kappa shape index (κ2) is 3.81. The van der Waals surface area contributed by atoms with Crippen molar-refractivity contribution in [1.82, 2.24) is 4.90 Å². The maximum atomic E-state index is 10.9. The third-order valence-electron chi connectivity index (χ3n) is 2.58. The molecule has 0 fully saturated rings. The fourth-order valence-corrected chi connectivity index (χ4v) is 2.21. The second-order valence-corrected chi connectivity index (χ2v) is 4.64. The van der Waals surface area contributed by atoms with E-state index in [4.69, 9.17) is 4.55 Å². The highest BCUT2D eigenvalue weighted by Crippen LogP contribution is 2.20. The van der Waals surface area contributed by atoms with Crippen molar-refractivity contribution < 1.29 is 8.76 Å². The number of nitrogens with zero attached hydrogens (tertiary/aromatic N) is 1. The van der Waals surface area contributed by atoms with Crippen LogP contribution in [0.25, 0.3) is 0 Å². The first kappa shape index (κ1) is 9.83. The second-order valence-electron chi connectivity index (χ2n) is 3.67. The monoisotopic (exact) mass is 211 g/mol. The van der Waals surface area contributed by atoms with Gasteiger partial charge in [0.2, 0.25) is 0 Å². The van der Waals surface area contributed by atoms with Crippen LogP contribution in [0.3, 0.4) is 0 Å². The molecule has 2 rings (SSSR count). The molecule has 1 N–H and O–H groups in total. The average molecular weight is 211 g/mol. The van der Waals surface area contributed by atoms with Crippen molar-refractivity contribution in [2.45, 2.75) is 17.9 Å². The van der Waals surface area contributed by atoms with Crippen molar-refractivity contribution in [2.75, 3.05) is 13.6 Å². The first-order valence-corrected chi connectivity index (χ1v) is 5.68. The normalized spacial score (nSPS) is 19.0. The lowest BCUT2D eigenvalue weighted by atomic mass is 10.0. The lowest BCUT2D eigenvalue weighted by Crippen LogP contribution is -2.26. The molecule has 1 heterocycles. The van der Waals surface area contributed by atoms with Crippen molar-refractivity contribution in [3.63, 3.8) is 0 Å². The molecule has 3 nitrogen and oxygen atoms in total. The number of rotatable bonds is 1. The Hall–Kier alpha value is -0.710. The van der Waals surface area contributed by atoms with Crippen molar-refractivity contribution >= 4 is 11.1 Å². The molecule has 4 heteroatoms. The van der Waals surface area contributed by atoms with E-state index in [0.29, 0.717) is 4.90 Å². The summed E-state index contributed by atoms with van der Waals surface area (Å²) in [6.45, 7) is 1.96. The van der Waals surface area contributed by atoms with Crippen LogP contribution in [0.4, 0.5) is 0 Å². The molecule has 14 heavy (non-hydrogen) atoms. The molecule has 1 aromatic rings. The zero-order chi connectivity index (χ0) is 10.1. The maximum Gasteiger partial charge on any atom is 0.186 e. The standard InChI is InChI=1S/C10H13NO2S/c1-11-5-4-8-6-10(14(12)13)3-2-9(8)7-11/h2-3,6H,4-5,7H2,1H3,(H,12,13). The smallest absolute Gasteiger partial charge is 0.186 e. The van der Waals surface area contributed by atoms with Gasteiger partial charge in [-0.25, -0.2) is 4.21 Å². The summed E-state index contributed by atoms with van der Waals surface area (Å²) in [6, 6.07) is 5.53. The third kappa shape index (κ3) is 1.87. The lowest BCUT2D eigenvalue weighted by molar-refractivity contribution is 0.312. The van der Waals surface area contributed by atoms with Crippen molar-refractivity contribution in [3.8, 4) is 0 Å². The quantitative estimate of drug-likeness (QED) is 0.711. The summed E-state index contributed by atoms with van der Waals surface area (Å²) in [5.41, 5.74) is 2.48. The summed E-state index contributed by atoms with van der Waals surface area (Å²) in [5, 5.41) is 0. The first-order valence-electron chi connectivity index (χ1n) is 4.58. The molecule has 0 saturated carbocycles. The zero-order valence-electron chi connectivity index (χ0n) is 8.06. The van der Waals surface area contributed by atoms with E-state index < -0.39 is 11.1 Å². The SMILES string of the molecule is CN1CCc2cc(S(=O)O)ccc2C1. The van der Waals surface area contributed by atoms with Gasteiger partial charge in [0.05, 0.1) is 4.90 Å². The summed E-state index contributed by atoms with van der Waals surface area (Å²) in [4.78, 5) is 2.76. The Morgan fingerprint density at radius 3 is 2.93 bits per heavy atom. The van der Waals surface area contributed by atoms with E-state index in [1.807, 2.05) is 12.1 Å². The summed E-state index contributed by atoms with van der Waals surface area (Å²) in [7, 11) is 2.08. The van der Waals surface area contributed by atoms with E-state index in [1.165, 1.54) is 11.1 Å². The molecule has 0 radical (unpaired) electrons. The molecule has 0 saturated heterocycles. The molecule has 1 atom stereocenters. The van der Waals surface area contributed by atoms with Gasteiger partial charge >= 0.3 is 0 Å². The number of fused-ring (bicyclic) bond motifs is 1. The van der Waals surface area contributed by atoms with Crippen LogP contribution in [0.15, 0.2) is 23.1 Å². The number of hydrogen-bond acceptors (Lipinski definition) is 2. The molecule has 1 unspecified atom stereocenters. The fourth-order valence-electron chi connectivity index (χ4n) is 1.78.